The predicted octanol–water partition coefficient (Wildman–Crippen LogP) is 4.59. The van der Waals surface area contributed by atoms with Gasteiger partial charge in [-0.15, -0.1) is 0 Å². The smallest absolute Gasteiger partial charge is 0.264 e. The van der Waals surface area contributed by atoms with Gasteiger partial charge in [0.25, 0.3) is 5.91 Å². The van der Waals surface area contributed by atoms with Crippen LogP contribution in [0, 0.1) is 20.8 Å². The molecular weight excluding hydrogens is 406 g/mol. The summed E-state index contributed by atoms with van der Waals surface area (Å²) in [6.45, 7) is 8.25. The highest BCUT2D eigenvalue weighted by Crippen LogP contribution is 2.44. The molecule has 1 heterocycles. The standard InChI is InChI=1S/C22H24BrNO3/c1-5-8-24-18-7-6-16(23)11-17(18)22(27,21(24)26)12-19(25)20-14(3)9-13(2)10-15(20)4/h6-7,9-11,27H,5,8,12H2,1-4H3/t22-/m1/s1. The topological polar surface area (TPSA) is 57.6 Å². The van der Waals surface area contributed by atoms with Crippen LogP contribution in [0.15, 0.2) is 34.8 Å². The van der Waals surface area contributed by atoms with E-state index in [1.165, 1.54) is 0 Å². The molecule has 1 atom stereocenters. The molecule has 5 heteroatoms. The third-order valence-corrected chi connectivity index (χ3v) is 5.61. The molecule has 1 amide bonds. The van der Waals surface area contributed by atoms with E-state index in [1.807, 2.05) is 52.0 Å². The zero-order chi connectivity index (χ0) is 19.9. The lowest BCUT2D eigenvalue weighted by Crippen LogP contribution is -2.42. The summed E-state index contributed by atoms with van der Waals surface area (Å²) in [5.74, 6) is -0.640. The molecule has 3 rings (SSSR count). The minimum absolute atomic E-state index is 0.217. The Bertz CT molecular complexity index is 914. The zero-order valence-corrected chi connectivity index (χ0v) is 17.7. The van der Waals surface area contributed by atoms with Crippen molar-refractivity contribution < 1.29 is 14.7 Å². The molecule has 0 fully saturated rings. The Morgan fingerprint density at radius 3 is 2.37 bits per heavy atom. The number of fused-ring (bicyclic) bond motifs is 1. The number of Topliss-reactive ketones (excluding diaryl/α,β-unsaturated/α-hetero) is 1. The first kappa shape index (κ1) is 19.8. The van der Waals surface area contributed by atoms with E-state index in [0.29, 0.717) is 23.4 Å². The third kappa shape index (κ3) is 3.34. The van der Waals surface area contributed by atoms with E-state index < -0.39 is 11.5 Å². The van der Waals surface area contributed by atoms with E-state index in [-0.39, 0.29) is 12.2 Å². The molecule has 0 saturated carbocycles. The monoisotopic (exact) mass is 429 g/mol. The summed E-state index contributed by atoms with van der Waals surface area (Å²) in [5.41, 5.74) is 2.74. The first-order valence-corrected chi connectivity index (χ1v) is 9.93. The molecule has 142 valence electrons. The number of nitrogens with zero attached hydrogens (tertiary/aromatic N) is 1. The Hall–Kier alpha value is -1.98. The fourth-order valence-electron chi connectivity index (χ4n) is 4.08. The lowest BCUT2D eigenvalue weighted by Gasteiger charge is -2.23. The second kappa shape index (κ2) is 7.21. The van der Waals surface area contributed by atoms with Crippen LogP contribution in [0.5, 0.6) is 0 Å². The van der Waals surface area contributed by atoms with Crippen LogP contribution in [-0.4, -0.2) is 23.3 Å². The number of anilines is 1. The van der Waals surface area contributed by atoms with Gasteiger partial charge < -0.3 is 10.0 Å². The molecule has 0 bridgehead atoms. The van der Waals surface area contributed by atoms with Gasteiger partial charge in [-0.3, -0.25) is 9.59 Å². The van der Waals surface area contributed by atoms with Crippen LogP contribution in [0.1, 0.15) is 52.4 Å². The minimum Gasteiger partial charge on any atom is -0.375 e. The average Bonchev–Trinajstić information content (AvgIpc) is 2.76. The van der Waals surface area contributed by atoms with E-state index in [1.54, 1.807) is 11.0 Å². The number of hydrogen-bond acceptors (Lipinski definition) is 3. The van der Waals surface area contributed by atoms with Gasteiger partial charge in [-0.2, -0.15) is 0 Å². The van der Waals surface area contributed by atoms with E-state index in [2.05, 4.69) is 15.9 Å². The summed E-state index contributed by atoms with van der Waals surface area (Å²) in [7, 11) is 0. The maximum atomic E-state index is 13.1. The van der Waals surface area contributed by atoms with Crippen LogP contribution in [0.2, 0.25) is 0 Å². The molecule has 0 unspecified atom stereocenters. The number of aliphatic hydroxyl groups is 1. The van der Waals surface area contributed by atoms with E-state index in [9.17, 15) is 14.7 Å². The summed E-state index contributed by atoms with van der Waals surface area (Å²) < 4.78 is 0.765. The van der Waals surface area contributed by atoms with Crippen molar-refractivity contribution in [3.8, 4) is 0 Å². The van der Waals surface area contributed by atoms with Gasteiger partial charge in [0, 0.05) is 22.1 Å². The predicted molar refractivity (Wildman–Crippen MR) is 110 cm³/mol. The number of aryl methyl sites for hydroxylation is 3. The van der Waals surface area contributed by atoms with Crippen molar-refractivity contribution in [1.29, 1.82) is 0 Å². The Labute approximate surface area is 168 Å². The molecule has 0 aliphatic carbocycles. The van der Waals surface area contributed by atoms with Crippen molar-refractivity contribution in [2.45, 2.75) is 46.1 Å². The molecule has 2 aromatic rings. The van der Waals surface area contributed by atoms with Gasteiger partial charge in [-0.1, -0.05) is 40.5 Å². The van der Waals surface area contributed by atoms with Crippen molar-refractivity contribution in [2.75, 3.05) is 11.4 Å². The summed E-state index contributed by atoms with van der Waals surface area (Å²) in [6, 6.07) is 9.31. The second-order valence-corrected chi connectivity index (χ2v) is 8.27. The summed E-state index contributed by atoms with van der Waals surface area (Å²) in [6.07, 6.45) is 0.502. The number of benzene rings is 2. The largest absolute Gasteiger partial charge is 0.375 e. The maximum Gasteiger partial charge on any atom is 0.264 e. The molecular formula is C22H24BrNO3. The Morgan fingerprint density at radius 2 is 1.78 bits per heavy atom. The van der Waals surface area contributed by atoms with Gasteiger partial charge in [-0.05, 0) is 56.5 Å². The van der Waals surface area contributed by atoms with Gasteiger partial charge in [0.05, 0.1) is 12.1 Å². The number of hydrogen-bond donors (Lipinski definition) is 1. The van der Waals surface area contributed by atoms with Crippen molar-refractivity contribution in [3.05, 3.63) is 62.6 Å². The van der Waals surface area contributed by atoms with Gasteiger partial charge in [0.1, 0.15) is 0 Å². The van der Waals surface area contributed by atoms with Gasteiger partial charge in [0.15, 0.2) is 11.4 Å². The first-order valence-electron chi connectivity index (χ1n) is 9.14. The summed E-state index contributed by atoms with van der Waals surface area (Å²) in [5, 5.41) is 11.4. The van der Waals surface area contributed by atoms with E-state index >= 15 is 0 Å². The zero-order valence-electron chi connectivity index (χ0n) is 16.1. The molecule has 0 saturated heterocycles. The van der Waals surface area contributed by atoms with Gasteiger partial charge in [0.2, 0.25) is 0 Å². The van der Waals surface area contributed by atoms with Crippen LogP contribution in [0.25, 0.3) is 0 Å². The molecule has 0 aromatic heterocycles. The van der Waals surface area contributed by atoms with Crippen molar-refractivity contribution >= 4 is 33.3 Å². The normalized spacial score (nSPS) is 18.7. The fourth-order valence-corrected chi connectivity index (χ4v) is 4.44. The molecule has 2 aromatic carbocycles. The fraction of sp³-hybridized carbons (Fsp3) is 0.364. The number of ketones is 1. The highest BCUT2D eigenvalue weighted by atomic mass is 79.9. The lowest BCUT2D eigenvalue weighted by atomic mass is 9.85. The number of carbonyl (C=O) groups is 2. The van der Waals surface area contributed by atoms with Crippen LogP contribution < -0.4 is 4.90 Å². The Morgan fingerprint density at radius 1 is 1.15 bits per heavy atom. The van der Waals surface area contributed by atoms with Crippen molar-refractivity contribution in [1.82, 2.24) is 0 Å². The molecule has 0 radical (unpaired) electrons. The van der Waals surface area contributed by atoms with Crippen LogP contribution in [-0.2, 0) is 10.4 Å². The van der Waals surface area contributed by atoms with E-state index in [0.717, 1.165) is 27.6 Å². The Kier molecular flexibility index (Phi) is 5.28. The highest BCUT2D eigenvalue weighted by molar-refractivity contribution is 9.10. The first-order chi connectivity index (χ1) is 12.7. The number of amides is 1. The summed E-state index contributed by atoms with van der Waals surface area (Å²) >= 11 is 3.41. The number of carbonyl (C=O) groups excluding carboxylic acids is 2. The average molecular weight is 430 g/mol. The third-order valence-electron chi connectivity index (χ3n) is 5.11. The van der Waals surface area contributed by atoms with Crippen LogP contribution >= 0.6 is 15.9 Å². The Balaban J connectivity index is 2.05. The number of halogens is 1. The van der Waals surface area contributed by atoms with Crippen molar-refractivity contribution in [2.24, 2.45) is 0 Å². The molecule has 4 nitrogen and oxygen atoms in total. The molecule has 27 heavy (non-hydrogen) atoms. The molecule has 1 aliphatic rings. The molecule has 1 N–H and O–H groups in total. The number of rotatable bonds is 5. The quantitative estimate of drug-likeness (QED) is 0.706. The van der Waals surface area contributed by atoms with Gasteiger partial charge in [-0.25, -0.2) is 0 Å². The van der Waals surface area contributed by atoms with Crippen LogP contribution in [0.3, 0.4) is 0 Å². The van der Waals surface area contributed by atoms with Crippen molar-refractivity contribution in [3.63, 3.8) is 0 Å². The highest BCUT2D eigenvalue weighted by Gasteiger charge is 2.50. The molecule has 0 spiro atoms. The summed E-state index contributed by atoms with van der Waals surface area (Å²) in [4.78, 5) is 27.8. The maximum absolute atomic E-state index is 13.1. The lowest BCUT2D eigenvalue weighted by molar-refractivity contribution is -0.135. The minimum atomic E-state index is -1.84. The molecule has 1 aliphatic heterocycles. The van der Waals surface area contributed by atoms with Crippen LogP contribution in [0.4, 0.5) is 5.69 Å². The second-order valence-electron chi connectivity index (χ2n) is 7.35. The SMILES string of the molecule is CCCN1C(=O)[C@@](O)(CC(=O)c2c(C)cc(C)cc2C)c2cc(Br)ccc21. The van der Waals surface area contributed by atoms with E-state index in [4.69, 9.17) is 0 Å². The van der Waals surface area contributed by atoms with Gasteiger partial charge >= 0.3 is 0 Å².